The van der Waals surface area contributed by atoms with Gasteiger partial charge in [-0.15, -0.1) is 0 Å². The first-order valence-electron chi connectivity index (χ1n) is 7.18. The van der Waals surface area contributed by atoms with Gasteiger partial charge in [0.15, 0.2) is 0 Å². The van der Waals surface area contributed by atoms with Crippen molar-refractivity contribution in [3.63, 3.8) is 0 Å². The van der Waals surface area contributed by atoms with Crippen LogP contribution in [0.5, 0.6) is 5.75 Å². The van der Waals surface area contributed by atoms with Crippen LogP contribution in [-0.4, -0.2) is 41.7 Å². The monoisotopic (exact) mass is 336 g/mol. The molecule has 0 unspecified atom stereocenters. The summed E-state index contributed by atoms with van der Waals surface area (Å²) >= 11 is 1.16. The molecule has 0 bridgehead atoms. The van der Waals surface area contributed by atoms with Crippen LogP contribution in [0.2, 0.25) is 0 Å². The number of aliphatic carboxylic acids is 1. The average molecular weight is 336 g/mol. The Bertz CT molecular complexity index is 751. The smallest absolute Gasteiger partial charge is 0.305 e. The van der Waals surface area contributed by atoms with Gasteiger partial charge in [-0.2, -0.15) is 0 Å². The third kappa shape index (κ3) is 4.43. The highest BCUT2D eigenvalue weighted by Crippen LogP contribution is 2.28. The van der Waals surface area contributed by atoms with Gasteiger partial charge in [-0.1, -0.05) is 11.3 Å². The van der Waals surface area contributed by atoms with Crippen molar-refractivity contribution in [2.24, 2.45) is 0 Å². The number of methoxy groups -OCH3 is 1. The number of H-pyrrole nitrogens is 1. The lowest BCUT2D eigenvalue weighted by atomic mass is 10.1. The molecule has 7 heteroatoms. The highest BCUT2D eigenvalue weighted by molar-refractivity contribution is 7.09. The van der Waals surface area contributed by atoms with E-state index in [1.165, 1.54) is 0 Å². The number of nitrogens with zero attached hydrogens (tertiary/aromatic N) is 1. The lowest BCUT2D eigenvalue weighted by Crippen LogP contribution is -2.21. The first-order valence-corrected chi connectivity index (χ1v) is 7.99. The molecule has 6 nitrogen and oxygen atoms in total. The molecule has 0 spiro atoms. The predicted octanol–water partition coefficient (Wildman–Crippen LogP) is 2.33. The fraction of sp³-hybridized carbons (Fsp3) is 0.375. The SMILES string of the molecule is COc1ccc(-c2[nH]c(=O)sc2CN(C)CCC(=O)O)cc1C. The first kappa shape index (κ1) is 17.2. The summed E-state index contributed by atoms with van der Waals surface area (Å²) in [4.78, 5) is 28.0. The average Bonchev–Trinajstić information content (AvgIpc) is 2.85. The van der Waals surface area contributed by atoms with Crippen molar-refractivity contribution in [2.45, 2.75) is 19.9 Å². The van der Waals surface area contributed by atoms with Gasteiger partial charge in [0.1, 0.15) is 5.75 Å². The number of aryl methyl sites for hydroxylation is 1. The Morgan fingerprint density at radius 1 is 1.43 bits per heavy atom. The minimum atomic E-state index is -0.829. The summed E-state index contributed by atoms with van der Waals surface area (Å²) in [6.07, 6.45) is 0.0762. The van der Waals surface area contributed by atoms with Gasteiger partial charge < -0.3 is 19.7 Å². The minimum absolute atomic E-state index is 0.0762. The van der Waals surface area contributed by atoms with E-state index >= 15 is 0 Å². The Morgan fingerprint density at radius 2 is 2.17 bits per heavy atom. The number of aromatic amines is 1. The summed E-state index contributed by atoms with van der Waals surface area (Å²) < 4.78 is 5.26. The second kappa shape index (κ2) is 7.43. The second-order valence-corrected chi connectivity index (χ2v) is 6.45. The van der Waals surface area contributed by atoms with Gasteiger partial charge in [0.2, 0.25) is 0 Å². The third-order valence-corrected chi connectivity index (χ3v) is 4.39. The number of rotatable bonds is 7. The van der Waals surface area contributed by atoms with Gasteiger partial charge in [-0.3, -0.25) is 9.59 Å². The molecule has 0 saturated heterocycles. The number of carboxylic acids is 1. The maximum Gasteiger partial charge on any atom is 0.305 e. The Labute approximate surface area is 138 Å². The van der Waals surface area contributed by atoms with Gasteiger partial charge in [0.25, 0.3) is 0 Å². The molecule has 0 aliphatic carbocycles. The molecule has 0 radical (unpaired) electrons. The number of ether oxygens (including phenoxy) is 1. The van der Waals surface area contributed by atoms with Gasteiger partial charge in [0, 0.05) is 18.0 Å². The molecule has 0 amide bonds. The van der Waals surface area contributed by atoms with E-state index in [9.17, 15) is 9.59 Å². The van der Waals surface area contributed by atoms with E-state index in [0.717, 1.165) is 38.8 Å². The Kier molecular flexibility index (Phi) is 5.57. The lowest BCUT2D eigenvalue weighted by Gasteiger charge is -2.15. The van der Waals surface area contributed by atoms with Crippen molar-refractivity contribution < 1.29 is 14.6 Å². The lowest BCUT2D eigenvalue weighted by molar-refractivity contribution is -0.137. The molecule has 0 atom stereocenters. The first-order chi connectivity index (χ1) is 10.9. The van der Waals surface area contributed by atoms with Crippen molar-refractivity contribution in [3.8, 4) is 17.0 Å². The molecule has 2 aromatic rings. The van der Waals surface area contributed by atoms with Crippen molar-refractivity contribution >= 4 is 17.3 Å². The largest absolute Gasteiger partial charge is 0.496 e. The summed E-state index contributed by atoms with van der Waals surface area (Å²) in [5, 5.41) is 8.75. The quantitative estimate of drug-likeness (QED) is 0.811. The molecule has 23 heavy (non-hydrogen) atoms. The van der Waals surface area contributed by atoms with Crippen molar-refractivity contribution in [1.82, 2.24) is 9.88 Å². The molecule has 2 N–H and O–H groups in total. The van der Waals surface area contributed by atoms with Crippen molar-refractivity contribution in [1.29, 1.82) is 0 Å². The third-order valence-electron chi connectivity index (χ3n) is 3.53. The number of nitrogens with one attached hydrogen (secondary N) is 1. The zero-order valence-corrected chi connectivity index (χ0v) is 14.2. The van der Waals surface area contributed by atoms with E-state index < -0.39 is 5.97 Å². The Balaban J connectivity index is 2.25. The van der Waals surface area contributed by atoms with Gasteiger partial charge >= 0.3 is 10.8 Å². The Morgan fingerprint density at radius 3 is 2.78 bits per heavy atom. The summed E-state index contributed by atoms with van der Waals surface area (Å²) in [7, 11) is 3.47. The van der Waals surface area contributed by atoms with Gasteiger partial charge in [-0.25, -0.2) is 0 Å². The van der Waals surface area contributed by atoms with Crippen LogP contribution in [0.1, 0.15) is 16.9 Å². The van der Waals surface area contributed by atoms with Crippen LogP contribution in [-0.2, 0) is 11.3 Å². The number of carbonyl (C=O) groups is 1. The summed E-state index contributed by atoms with van der Waals surface area (Å²) in [5.41, 5.74) is 2.69. The van der Waals surface area contributed by atoms with Crippen LogP contribution >= 0.6 is 11.3 Å². The van der Waals surface area contributed by atoms with Crippen LogP contribution in [0.15, 0.2) is 23.0 Å². The van der Waals surface area contributed by atoms with E-state index in [1.807, 2.05) is 37.1 Å². The van der Waals surface area contributed by atoms with Gasteiger partial charge in [-0.05, 0) is 43.3 Å². The molecule has 1 aromatic heterocycles. The van der Waals surface area contributed by atoms with Crippen LogP contribution < -0.4 is 9.61 Å². The summed E-state index contributed by atoms with van der Waals surface area (Å²) in [6, 6.07) is 5.75. The standard InChI is InChI=1S/C16H20N2O4S/c1-10-8-11(4-5-12(10)22-3)15-13(23-16(21)17-15)9-18(2)7-6-14(19)20/h4-5,8H,6-7,9H2,1-3H3,(H,17,21)(H,19,20). The zero-order valence-electron chi connectivity index (χ0n) is 13.4. The molecule has 0 aliphatic rings. The molecular weight excluding hydrogens is 316 g/mol. The predicted molar refractivity (Wildman–Crippen MR) is 90.3 cm³/mol. The van der Waals surface area contributed by atoms with E-state index in [-0.39, 0.29) is 11.3 Å². The molecule has 124 valence electrons. The Hall–Kier alpha value is -2.12. The van der Waals surface area contributed by atoms with Crippen LogP contribution in [0.3, 0.4) is 0 Å². The van der Waals surface area contributed by atoms with Crippen LogP contribution in [0.4, 0.5) is 0 Å². The van der Waals surface area contributed by atoms with Crippen LogP contribution in [0, 0.1) is 6.92 Å². The van der Waals surface area contributed by atoms with E-state index in [4.69, 9.17) is 9.84 Å². The fourth-order valence-electron chi connectivity index (χ4n) is 2.35. The minimum Gasteiger partial charge on any atom is -0.496 e. The second-order valence-electron chi connectivity index (χ2n) is 5.38. The van der Waals surface area contributed by atoms with E-state index in [2.05, 4.69) is 4.98 Å². The summed E-state index contributed by atoms with van der Waals surface area (Å²) in [6.45, 7) is 2.91. The summed E-state index contributed by atoms with van der Waals surface area (Å²) in [5.74, 6) is -0.0310. The maximum atomic E-state index is 11.8. The number of thiazole rings is 1. The van der Waals surface area contributed by atoms with E-state index in [0.29, 0.717) is 13.1 Å². The molecule has 1 aromatic carbocycles. The van der Waals surface area contributed by atoms with Crippen molar-refractivity contribution in [3.05, 3.63) is 38.3 Å². The molecule has 1 heterocycles. The van der Waals surface area contributed by atoms with Gasteiger partial charge in [0.05, 0.1) is 19.2 Å². The molecule has 2 rings (SSSR count). The maximum absolute atomic E-state index is 11.8. The zero-order chi connectivity index (χ0) is 17.0. The number of hydrogen-bond acceptors (Lipinski definition) is 5. The molecule has 0 aliphatic heterocycles. The number of aromatic nitrogens is 1. The van der Waals surface area contributed by atoms with E-state index in [1.54, 1.807) is 7.11 Å². The highest BCUT2D eigenvalue weighted by Gasteiger charge is 2.14. The topological polar surface area (TPSA) is 82.6 Å². The number of benzene rings is 1. The molecule has 0 fully saturated rings. The molecule has 0 saturated carbocycles. The van der Waals surface area contributed by atoms with Crippen molar-refractivity contribution in [2.75, 3.05) is 20.7 Å². The normalized spacial score (nSPS) is 11.0. The number of carboxylic acid groups (broad SMARTS) is 1. The fourth-order valence-corrected chi connectivity index (χ4v) is 3.28. The molecular formula is C16H20N2O4S. The number of hydrogen-bond donors (Lipinski definition) is 2. The van der Waals surface area contributed by atoms with Crippen LogP contribution in [0.25, 0.3) is 11.3 Å². The highest BCUT2D eigenvalue weighted by atomic mass is 32.1.